The number of benzene rings is 1. The maximum atomic E-state index is 11.1. The molecule has 3 rings (SSSR count). The molecule has 0 radical (unpaired) electrons. The summed E-state index contributed by atoms with van der Waals surface area (Å²) in [5.74, 6) is 0. The molecule has 0 aliphatic carbocycles. The molecule has 0 saturated carbocycles. The third-order valence-electron chi connectivity index (χ3n) is 2.96. The first-order valence-electron chi connectivity index (χ1n) is 6.09. The second kappa shape index (κ2) is 5.45. The van der Waals surface area contributed by atoms with Crippen LogP contribution in [0.1, 0.15) is 0 Å². The number of pyridine rings is 1. The molecule has 2 aromatic heterocycles. The number of hydrogen-bond donors (Lipinski definition) is 0. The quantitative estimate of drug-likeness (QED) is 0.540. The Morgan fingerprint density at radius 1 is 1.09 bits per heavy atom. The standard InChI is InChI=1S/C13H8N4O4S/c18-16(19)9-4-5-12(11(7-9)17(20)21)22-13-14-8-10-3-1-2-6-15(10)13/h1-8H. The van der Waals surface area contributed by atoms with Crippen molar-refractivity contribution in [3.05, 3.63) is 69.0 Å². The SMILES string of the molecule is O=[N+]([O-])c1ccc(Sc2ncc3ccccn23)c([N+](=O)[O-])c1. The maximum absolute atomic E-state index is 11.1. The van der Waals surface area contributed by atoms with Crippen LogP contribution in [0.15, 0.2) is 58.8 Å². The van der Waals surface area contributed by atoms with Crippen molar-refractivity contribution in [2.75, 3.05) is 0 Å². The molecule has 110 valence electrons. The molecule has 3 aromatic rings. The zero-order chi connectivity index (χ0) is 15.7. The van der Waals surface area contributed by atoms with Crippen LogP contribution in [0, 0.1) is 20.2 Å². The fourth-order valence-corrected chi connectivity index (χ4v) is 2.88. The lowest BCUT2D eigenvalue weighted by Crippen LogP contribution is -1.95. The van der Waals surface area contributed by atoms with Crippen molar-refractivity contribution in [1.82, 2.24) is 9.38 Å². The van der Waals surface area contributed by atoms with Crippen LogP contribution in [0.3, 0.4) is 0 Å². The number of non-ortho nitro benzene ring substituents is 1. The van der Waals surface area contributed by atoms with Crippen LogP contribution < -0.4 is 0 Å². The average molecular weight is 316 g/mol. The molecule has 0 spiro atoms. The van der Waals surface area contributed by atoms with E-state index in [2.05, 4.69) is 4.98 Å². The third-order valence-corrected chi connectivity index (χ3v) is 4.01. The van der Waals surface area contributed by atoms with Gasteiger partial charge in [-0.1, -0.05) is 6.07 Å². The molecule has 0 aliphatic heterocycles. The fraction of sp³-hybridized carbons (Fsp3) is 0. The van der Waals surface area contributed by atoms with E-state index in [1.165, 1.54) is 12.1 Å². The molecule has 0 atom stereocenters. The smallest absolute Gasteiger partial charge is 0.290 e. The van der Waals surface area contributed by atoms with Gasteiger partial charge in [0.1, 0.15) is 0 Å². The second-order valence-corrected chi connectivity index (χ2v) is 5.31. The highest BCUT2D eigenvalue weighted by atomic mass is 32.2. The predicted octanol–water partition coefficient (Wildman–Crippen LogP) is 3.30. The van der Waals surface area contributed by atoms with Gasteiger partial charge in [0.05, 0.1) is 32.5 Å². The van der Waals surface area contributed by atoms with Crippen LogP contribution in [0.4, 0.5) is 11.4 Å². The minimum absolute atomic E-state index is 0.298. The van der Waals surface area contributed by atoms with Crippen molar-refractivity contribution < 1.29 is 9.85 Å². The number of hydrogen-bond acceptors (Lipinski definition) is 6. The van der Waals surface area contributed by atoms with Crippen molar-refractivity contribution >= 4 is 28.7 Å². The molecule has 22 heavy (non-hydrogen) atoms. The molecular formula is C13H8N4O4S. The van der Waals surface area contributed by atoms with Gasteiger partial charge < -0.3 is 0 Å². The topological polar surface area (TPSA) is 104 Å². The Labute approximate surface area is 127 Å². The van der Waals surface area contributed by atoms with E-state index in [1.54, 1.807) is 16.8 Å². The molecular weight excluding hydrogens is 308 g/mol. The number of imidazole rings is 1. The van der Waals surface area contributed by atoms with E-state index in [1.807, 2.05) is 18.2 Å². The molecule has 0 fully saturated rings. The summed E-state index contributed by atoms with van der Waals surface area (Å²) in [5.41, 5.74) is 0.227. The van der Waals surface area contributed by atoms with Crippen LogP contribution in [0.25, 0.3) is 5.52 Å². The van der Waals surface area contributed by atoms with E-state index in [9.17, 15) is 20.2 Å². The van der Waals surface area contributed by atoms with Gasteiger partial charge in [-0.05, 0) is 30.0 Å². The molecule has 0 aliphatic rings. The molecule has 0 saturated heterocycles. The van der Waals surface area contributed by atoms with Crippen LogP contribution in [0.2, 0.25) is 0 Å². The Morgan fingerprint density at radius 2 is 1.91 bits per heavy atom. The third kappa shape index (κ3) is 2.49. The number of fused-ring (bicyclic) bond motifs is 1. The van der Waals surface area contributed by atoms with Gasteiger partial charge in [0.15, 0.2) is 5.16 Å². The highest BCUT2D eigenvalue weighted by Gasteiger charge is 2.21. The maximum Gasteiger partial charge on any atom is 0.290 e. The van der Waals surface area contributed by atoms with E-state index in [4.69, 9.17) is 0 Å². The normalized spacial score (nSPS) is 10.7. The van der Waals surface area contributed by atoms with E-state index < -0.39 is 9.85 Å². The van der Waals surface area contributed by atoms with Crippen molar-refractivity contribution in [3.63, 3.8) is 0 Å². The minimum Gasteiger partial charge on any atom is -0.295 e. The lowest BCUT2D eigenvalue weighted by atomic mass is 10.3. The van der Waals surface area contributed by atoms with Crippen LogP contribution >= 0.6 is 11.8 Å². The highest BCUT2D eigenvalue weighted by Crippen LogP contribution is 2.36. The molecule has 0 bridgehead atoms. The summed E-state index contributed by atoms with van der Waals surface area (Å²) in [6.45, 7) is 0. The first-order chi connectivity index (χ1) is 10.6. The lowest BCUT2D eigenvalue weighted by molar-refractivity contribution is -0.396. The summed E-state index contributed by atoms with van der Waals surface area (Å²) in [6.07, 6.45) is 3.45. The van der Waals surface area contributed by atoms with Crippen molar-refractivity contribution in [2.24, 2.45) is 0 Å². The zero-order valence-corrected chi connectivity index (χ0v) is 11.8. The van der Waals surface area contributed by atoms with Gasteiger partial charge in [-0.2, -0.15) is 0 Å². The summed E-state index contributed by atoms with van der Waals surface area (Å²) in [4.78, 5) is 25.1. The monoisotopic (exact) mass is 316 g/mol. The van der Waals surface area contributed by atoms with Gasteiger partial charge in [-0.15, -0.1) is 0 Å². The molecule has 0 amide bonds. The number of rotatable bonds is 4. The number of nitro groups is 2. The van der Waals surface area contributed by atoms with Crippen LogP contribution in [-0.4, -0.2) is 19.2 Å². The Balaban J connectivity index is 2.05. The van der Waals surface area contributed by atoms with E-state index >= 15 is 0 Å². The fourth-order valence-electron chi connectivity index (χ4n) is 1.94. The van der Waals surface area contributed by atoms with Gasteiger partial charge in [0.25, 0.3) is 11.4 Å². The molecule has 2 heterocycles. The van der Waals surface area contributed by atoms with E-state index in [-0.39, 0.29) is 11.4 Å². The average Bonchev–Trinajstić information content (AvgIpc) is 2.90. The number of nitrogens with zero attached hydrogens (tertiary/aromatic N) is 4. The second-order valence-electron chi connectivity index (χ2n) is 4.30. The molecule has 1 aromatic carbocycles. The first-order valence-corrected chi connectivity index (χ1v) is 6.90. The van der Waals surface area contributed by atoms with Crippen LogP contribution in [-0.2, 0) is 0 Å². The molecule has 0 unspecified atom stereocenters. The highest BCUT2D eigenvalue weighted by molar-refractivity contribution is 7.99. The lowest BCUT2D eigenvalue weighted by Gasteiger charge is -2.02. The van der Waals surface area contributed by atoms with E-state index in [0.717, 1.165) is 23.3 Å². The number of nitro benzene ring substituents is 2. The summed E-state index contributed by atoms with van der Waals surface area (Å²) in [7, 11) is 0. The number of aromatic nitrogens is 2. The van der Waals surface area contributed by atoms with Gasteiger partial charge in [0, 0.05) is 12.3 Å². The Hall–Kier alpha value is -2.94. The Kier molecular flexibility index (Phi) is 3.47. The van der Waals surface area contributed by atoms with Crippen molar-refractivity contribution in [3.8, 4) is 0 Å². The largest absolute Gasteiger partial charge is 0.295 e. The molecule has 0 N–H and O–H groups in total. The Morgan fingerprint density at radius 3 is 2.64 bits per heavy atom. The Bertz CT molecular complexity index is 893. The van der Waals surface area contributed by atoms with Gasteiger partial charge in [-0.25, -0.2) is 4.98 Å². The van der Waals surface area contributed by atoms with Crippen molar-refractivity contribution in [2.45, 2.75) is 10.1 Å². The van der Waals surface area contributed by atoms with Gasteiger partial charge in [0.2, 0.25) is 0 Å². The predicted molar refractivity (Wildman–Crippen MR) is 79.1 cm³/mol. The molecule has 8 nitrogen and oxygen atoms in total. The minimum atomic E-state index is -0.660. The summed E-state index contributed by atoms with van der Waals surface area (Å²) in [5, 5.41) is 22.4. The van der Waals surface area contributed by atoms with Gasteiger partial charge in [-0.3, -0.25) is 24.6 Å². The van der Waals surface area contributed by atoms with E-state index in [0.29, 0.717) is 10.1 Å². The van der Waals surface area contributed by atoms with Gasteiger partial charge >= 0.3 is 0 Å². The van der Waals surface area contributed by atoms with Crippen molar-refractivity contribution in [1.29, 1.82) is 0 Å². The first kappa shape index (κ1) is 14.0. The zero-order valence-electron chi connectivity index (χ0n) is 10.9. The summed E-state index contributed by atoms with van der Waals surface area (Å²) >= 11 is 1.09. The summed E-state index contributed by atoms with van der Waals surface area (Å²) < 4.78 is 1.79. The molecule has 9 heteroatoms. The van der Waals surface area contributed by atoms with Crippen LogP contribution in [0.5, 0.6) is 0 Å². The summed E-state index contributed by atoms with van der Waals surface area (Å²) in [6, 6.07) is 9.11.